The molecule has 0 radical (unpaired) electrons. The van der Waals surface area contributed by atoms with Crippen LogP contribution in [-0.4, -0.2) is 46.8 Å². The largest absolute Gasteiger partial charge is 0.378 e. The molecule has 26 heavy (non-hydrogen) atoms. The van der Waals surface area contributed by atoms with E-state index in [2.05, 4.69) is 48.0 Å². The molecule has 2 N–H and O–H groups in total. The highest BCUT2D eigenvalue weighted by atomic mass is 79.9. The van der Waals surface area contributed by atoms with E-state index in [1.807, 2.05) is 6.07 Å². The topological polar surface area (TPSA) is 83.6 Å². The zero-order valence-corrected chi connectivity index (χ0v) is 16.8. The maximum Gasteiger partial charge on any atom is 0.241 e. The maximum atomic E-state index is 11.8. The summed E-state index contributed by atoms with van der Waals surface area (Å²) in [5.41, 5.74) is 2.30. The van der Waals surface area contributed by atoms with Crippen LogP contribution < -0.4 is 14.9 Å². The number of sulfonamides is 1. The zero-order valence-electron chi connectivity index (χ0n) is 14.4. The molecule has 7 nitrogen and oxygen atoms in total. The number of pyridine rings is 1. The first kappa shape index (κ1) is 19.1. The van der Waals surface area contributed by atoms with Gasteiger partial charge in [0.05, 0.1) is 13.2 Å². The lowest BCUT2D eigenvalue weighted by Gasteiger charge is -2.31. The standard InChI is InChI=1S/C17H21BrN4O3S/c1-19-26(23,24)15-4-5-17(21-12-15)20-11-13-2-3-14(18)10-16(13)22-6-8-25-9-7-22/h2-5,10,12,19H,6-9,11H2,1H3,(H,20,21). The summed E-state index contributed by atoms with van der Waals surface area (Å²) in [6.45, 7) is 3.76. The average molecular weight is 441 g/mol. The highest BCUT2D eigenvalue weighted by Gasteiger charge is 2.16. The number of rotatable bonds is 6. The second kappa shape index (κ2) is 8.34. The predicted octanol–water partition coefficient (Wildman–Crippen LogP) is 2.20. The molecule has 9 heteroatoms. The molecule has 0 aliphatic carbocycles. The fourth-order valence-corrected chi connectivity index (χ4v) is 3.76. The summed E-state index contributed by atoms with van der Waals surface area (Å²) in [5.74, 6) is 0.621. The third-order valence-electron chi connectivity index (χ3n) is 4.17. The van der Waals surface area contributed by atoms with E-state index in [0.29, 0.717) is 12.4 Å². The molecule has 1 aliphatic rings. The second-order valence-electron chi connectivity index (χ2n) is 5.81. The monoisotopic (exact) mass is 440 g/mol. The van der Waals surface area contributed by atoms with Gasteiger partial charge in [-0.3, -0.25) is 0 Å². The Morgan fingerprint density at radius 1 is 1.23 bits per heavy atom. The second-order valence-corrected chi connectivity index (χ2v) is 8.61. The molecule has 1 saturated heterocycles. The van der Waals surface area contributed by atoms with Gasteiger partial charge in [-0.1, -0.05) is 22.0 Å². The molecule has 1 aromatic carbocycles. The number of nitrogens with one attached hydrogen (secondary N) is 2. The first-order valence-electron chi connectivity index (χ1n) is 8.24. The lowest BCUT2D eigenvalue weighted by molar-refractivity contribution is 0.122. The summed E-state index contributed by atoms with van der Waals surface area (Å²) in [6.07, 6.45) is 1.35. The van der Waals surface area contributed by atoms with Gasteiger partial charge in [-0.15, -0.1) is 0 Å². The van der Waals surface area contributed by atoms with Crippen molar-refractivity contribution < 1.29 is 13.2 Å². The Bertz CT molecular complexity index is 853. The van der Waals surface area contributed by atoms with Crippen LogP contribution in [0, 0.1) is 0 Å². The Hall–Kier alpha value is -1.68. The van der Waals surface area contributed by atoms with Crippen LogP contribution in [0.1, 0.15) is 5.56 Å². The average Bonchev–Trinajstić information content (AvgIpc) is 2.68. The van der Waals surface area contributed by atoms with Crippen molar-refractivity contribution >= 4 is 37.5 Å². The van der Waals surface area contributed by atoms with E-state index in [0.717, 1.165) is 42.0 Å². The minimum Gasteiger partial charge on any atom is -0.378 e. The first-order valence-corrected chi connectivity index (χ1v) is 10.5. The van der Waals surface area contributed by atoms with Crippen molar-refractivity contribution in [2.75, 3.05) is 43.6 Å². The van der Waals surface area contributed by atoms with E-state index >= 15 is 0 Å². The molecule has 1 aliphatic heterocycles. The number of nitrogens with zero attached hydrogens (tertiary/aromatic N) is 2. The van der Waals surface area contributed by atoms with E-state index in [9.17, 15) is 8.42 Å². The van der Waals surface area contributed by atoms with Gasteiger partial charge in [-0.25, -0.2) is 18.1 Å². The van der Waals surface area contributed by atoms with Crippen molar-refractivity contribution in [1.29, 1.82) is 0 Å². The molecule has 0 amide bonds. The lowest BCUT2D eigenvalue weighted by Crippen LogP contribution is -2.36. The van der Waals surface area contributed by atoms with Gasteiger partial charge in [0.2, 0.25) is 10.0 Å². The van der Waals surface area contributed by atoms with Gasteiger partial charge in [-0.2, -0.15) is 0 Å². The van der Waals surface area contributed by atoms with E-state index in [-0.39, 0.29) is 4.90 Å². The molecule has 140 valence electrons. The van der Waals surface area contributed by atoms with Crippen LogP contribution in [0.25, 0.3) is 0 Å². The van der Waals surface area contributed by atoms with Gasteiger partial charge in [0.1, 0.15) is 10.7 Å². The molecule has 1 aromatic heterocycles. The van der Waals surface area contributed by atoms with Gasteiger partial charge < -0.3 is 15.0 Å². The van der Waals surface area contributed by atoms with E-state index in [1.54, 1.807) is 6.07 Å². The minimum absolute atomic E-state index is 0.142. The normalized spacial score (nSPS) is 15.1. The van der Waals surface area contributed by atoms with Crippen LogP contribution in [0.5, 0.6) is 0 Å². The quantitative estimate of drug-likeness (QED) is 0.716. The third kappa shape index (κ3) is 4.53. The maximum absolute atomic E-state index is 11.8. The third-order valence-corrected chi connectivity index (χ3v) is 6.07. The van der Waals surface area contributed by atoms with Crippen molar-refractivity contribution in [2.45, 2.75) is 11.4 Å². The van der Waals surface area contributed by atoms with E-state index in [1.165, 1.54) is 19.3 Å². The molecule has 0 bridgehead atoms. The molecule has 3 rings (SSSR count). The van der Waals surface area contributed by atoms with Gasteiger partial charge in [-0.05, 0) is 36.9 Å². The number of halogens is 1. The Morgan fingerprint density at radius 2 is 2.00 bits per heavy atom. The molecule has 0 atom stereocenters. The zero-order chi connectivity index (χ0) is 18.6. The summed E-state index contributed by atoms with van der Waals surface area (Å²) in [7, 11) is -2.09. The number of hydrogen-bond donors (Lipinski definition) is 2. The number of anilines is 2. The van der Waals surface area contributed by atoms with Gasteiger partial charge in [0.15, 0.2) is 0 Å². The van der Waals surface area contributed by atoms with Crippen LogP contribution in [0.4, 0.5) is 11.5 Å². The Labute approximate surface area is 161 Å². The van der Waals surface area contributed by atoms with Crippen LogP contribution in [-0.2, 0) is 21.3 Å². The van der Waals surface area contributed by atoms with Crippen molar-refractivity contribution in [3.05, 3.63) is 46.6 Å². The van der Waals surface area contributed by atoms with Gasteiger partial charge >= 0.3 is 0 Å². The van der Waals surface area contributed by atoms with Crippen LogP contribution in [0.2, 0.25) is 0 Å². The molecule has 2 heterocycles. The fourth-order valence-electron chi connectivity index (χ4n) is 2.73. The molecule has 1 fully saturated rings. The van der Waals surface area contributed by atoms with Gasteiger partial charge in [0, 0.05) is 36.0 Å². The summed E-state index contributed by atoms with van der Waals surface area (Å²) in [6, 6.07) is 9.39. The summed E-state index contributed by atoms with van der Waals surface area (Å²) >= 11 is 3.54. The number of hydrogen-bond acceptors (Lipinski definition) is 6. The molecule has 0 spiro atoms. The Balaban J connectivity index is 1.73. The number of morpholine rings is 1. The first-order chi connectivity index (χ1) is 12.5. The smallest absolute Gasteiger partial charge is 0.241 e. The SMILES string of the molecule is CNS(=O)(=O)c1ccc(NCc2ccc(Br)cc2N2CCOCC2)nc1. The Kier molecular flexibility index (Phi) is 6.13. The highest BCUT2D eigenvalue weighted by molar-refractivity contribution is 9.10. The minimum atomic E-state index is -3.47. The van der Waals surface area contributed by atoms with Crippen LogP contribution in [0.3, 0.4) is 0 Å². The molecule has 2 aromatic rings. The highest BCUT2D eigenvalue weighted by Crippen LogP contribution is 2.27. The molecular formula is C17H21BrN4O3S. The van der Waals surface area contributed by atoms with Crippen molar-refractivity contribution in [3.63, 3.8) is 0 Å². The van der Waals surface area contributed by atoms with Gasteiger partial charge in [0.25, 0.3) is 0 Å². The van der Waals surface area contributed by atoms with E-state index < -0.39 is 10.0 Å². The Morgan fingerprint density at radius 3 is 2.65 bits per heavy atom. The van der Waals surface area contributed by atoms with Crippen molar-refractivity contribution in [1.82, 2.24) is 9.71 Å². The number of aromatic nitrogens is 1. The molecule has 0 saturated carbocycles. The summed E-state index contributed by atoms with van der Waals surface area (Å²) in [4.78, 5) is 6.64. The number of ether oxygens (including phenoxy) is 1. The number of benzene rings is 1. The lowest BCUT2D eigenvalue weighted by atomic mass is 10.1. The van der Waals surface area contributed by atoms with Crippen molar-refractivity contribution in [3.8, 4) is 0 Å². The summed E-state index contributed by atoms with van der Waals surface area (Å²) in [5, 5.41) is 3.26. The molecular weight excluding hydrogens is 420 g/mol. The summed E-state index contributed by atoms with van der Waals surface area (Å²) < 4.78 is 32.2. The van der Waals surface area contributed by atoms with Crippen LogP contribution >= 0.6 is 15.9 Å². The van der Waals surface area contributed by atoms with Crippen molar-refractivity contribution in [2.24, 2.45) is 0 Å². The molecule has 0 unspecified atom stereocenters. The van der Waals surface area contributed by atoms with Crippen LogP contribution in [0.15, 0.2) is 45.9 Å². The fraction of sp³-hybridized carbons (Fsp3) is 0.353. The van der Waals surface area contributed by atoms with E-state index in [4.69, 9.17) is 4.74 Å². The predicted molar refractivity (Wildman–Crippen MR) is 105 cm³/mol.